The number of rotatable bonds is 4. The van der Waals surface area contributed by atoms with Gasteiger partial charge in [-0.2, -0.15) is 8.42 Å². The predicted molar refractivity (Wildman–Crippen MR) is 59.9 cm³/mol. The molecule has 0 aliphatic heterocycles. The van der Waals surface area contributed by atoms with Crippen LogP contribution < -0.4 is 0 Å². The highest BCUT2D eigenvalue weighted by atomic mass is 35.5. The van der Waals surface area contributed by atoms with Gasteiger partial charge in [-0.3, -0.25) is 4.55 Å². The first-order valence-electron chi connectivity index (χ1n) is 4.64. The predicted octanol–water partition coefficient (Wildman–Crippen LogP) is 2.49. The Morgan fingerprint density at radius 2 is 2.13 bits per heavy atom. The molecule has 0 aromatic heterocycles. The Morgan fingerprint density at radius 3 is 2.67 bits per heavy atom. The molecule has 0 aliphatic carbocycles. The van der Waals surface area contributed by atoms with Crippen molar-refractivity contribution in [3.05, 3.63) is 29.8 Å². The van der Waals surface area contributed by atoms with Crippen LogP contribution in [-0.4, -0.2) is 18.3 Å². The molecule has 0 saturated carbocycles. The molecule has 0 spiro atoms. The van der Waals surface area contributed by atoms with Crippen molar-refractivity contribution in [1.29, 1.82) is 0 Å². The molecule has 0 bridgehead atoms. The third-order valence-electron chi connectivity index (χ3n) is 2.10. The zero-order chi connectivity index (χ0) is 11.5. The number of halogens is 1. The fourth-order valence-corrected chi connectivity index (χ4v) is 1.96. The van der Waals surface area contributed by atoms with Crippen LogP contribution in [-0.2, 0) is 16.5 Å². The standard InChI is InChI=1S/C10H13ClO3S/c1-2-9(11)6-8-4-3-5-10(7-8)15(12,13)14/h3-5,7,9H,2,6H2,1H3,(H,12,13,14). The summed E-state index contributed by atoms with van der Waals surface area (Å²) in [5.74, 6) is 0. The first-order chi connectivity index (χ1) is 6.93. The Labute approximate surface area is 94.8 Å². The average molecular weight is 249 g/mol. The van der Waals surface area contributed by atoms with E-state index in [2.05, 4.69) is 0 Å². The van der Waals surface area contributed by atoms with Crippen molar-refractivity contribution in [2.75, 3.05) is 0 Å². The second kappa shape index (κ2) is 4.96. The lowest BCUT2D eigenvalue weighted by atomic mass is 10.1. The van der Waals surface area contributed by atoms with Gasteiger partial charge in [-0.05, 0) is 30.5 Å². The Balaban J connectivity index is 2.94. The largest absolute Gasteiger partial charge is 0.294 e. The summed E-state index contributed by atoms with van der Waals surface area (Å²) in [5.41, 5.74) is 0.812. The van der Waals surface area contributed by atoms with Crippen molar-refractivity contribution < 1.29 is 13.0 Å². The summed E-state index contributed by atoms with van der Waals surface area (Å²) in [4.78, 5) is -0.0834. The highest BCUT2D eigenvalue weighted by Gasteiger charge is 2.10. The van der Waals surface area contributed by atoms with E-state index >= 15 is 0 Å². The van der Waals surface area contributed by atoms with Gasteiger partial charge in [0.15, 0.2) is 0 Å². The van der Waals surface area contributed by atoms with Crippen molar-refractivity contribution in [3.8, 4) is 0 Å². The lowest BCUT2D eigenvalue weighted by Crippen LogP contribution is -2.03. The number of benzene rings is 1. The van der Waals surface area contributed by atoms with Crippen molar-refractivity contribution in [3.63, 3.8) is 0 Å². The Morgan fingerprint density at radius 1 is 1.47 bits per heavy atom. The van der Waals surface area contributed by atoms with Gasteiger partial charge in [-0.15, -0.1) is 11.6 Å². The zero-order valence-corrected chi connectivity index (χ0v) is 9.92. The van der Waals surface area contributed by atoms with Crippen molar-refractivity contribution in [1.82, 2.24) is 0 Å². The van der Waals surface area contributed by atoms with Gasteiger partial charge in [0.2, 0.25) is 0 Å². The normalized spacial score (nSPS) is 13.8. The van der Waals surface area contributed by atoms with E-state index in [1.165, 1.54) is 12.1 Å². The lowest BCUT2D eigenvalue weighted by molar-refractivity contribution is 0.483. The molecule has 3 nitrogen and oxygen atoms in total. The molecular formula is C10H13ClO3S. The average Bonchev–Trinajstić information content (AvgIpc) is 2.17. The van der Waals surface area contributed by atoms with Crippen LogP contribution in [0, 0.1) is 0 Å². The van der Waals surface area contributed by atoms with Crippen LogP contribution in [0.5, 0.6) is 0 Å². The summed E-state index contributed by atoms with van der Waals surface area (Å²) in [5, 5.41) is -0.0124. The summed E-state index contributed by atoms with van der Waals surface area (Å²) in [6.07, 6.45) is 1.42. The van der Waals surface area contributed by atoms with E-state index in [1.807, 2.05) is 6.92 Å². The molecule has 1 unspecified atom stereocenters. The highest BCUT2D eigenvalue weighted by Crippen LogP contribution is 2.15. The molecule has 5 heteroatoms. The summed E-state index contributed by atoms with van der Waals surface area (Å²) < 4.78 is 30.6. The van der Waals surface area contributed by atoms with E-state index in [4.69, 9.17) is 16.2 Å². The first kappa shape index (κ1) is 12.5. The van der Waals surface area contributed by atoms with Gasteiger partial charge >= 0.3 is 0 Å². The van der Waals surface area contributed by atoms with Crippen LogP contribution in [0.25, 0.3) is 0 Å². The van der Waals surface area contributed by atoms with E-state index in [0.717, 1.165) is 12.0 Å². The smallest absolute Gasteiger partial charge is 0.282 e. The quantitative estimate of drug-likeness (QED) is 0.658. The molecule has 15 heavy (non-hydrogen) atoms. The second-order valence-corrected chi connectivity index (χ2v) is 5.37. The summed E-state index contributed by atoms with van der Waals surface area (Å²) in [6, 6.07) is 6.19. The number of hydrogen-bond donors (Lipinski definition) is 1. The molecule has 1 N–H and O–H groups in total. The van der Waals surface area contributed by atoms with Gasteiger partial charge < -0.3 is 0 Å². The minimum Gasteiger partial charge on any atom is -0.282 e. The summed E-state index contributed by atoms with van der Waals surface area (Å²) >= 11 is 5.95. The van der Waals surface area contributed by atoms with Gasteiger partial charge in [0.05, 0.1) is 4.90 Å². The molecule has 0 heterocycles. The maximum absolute atomic E-state index is 10.9. The van der Waals surface area contributed by atoms with Gasteiger partial charge in [-0.25, -0.2) is 0 Å². The zero-order valence-electron chi connectivity index (χ0n) is 8.35. The SMILES string of the molecule is CCC(Cl)Cc1cccc(S(=O)(=O)O)c1. The second-order valence-electron chi connectivity index (χ2n) is 3.33. The monoisotopic (exact) mass is 248 g/mol. The van der Waals surface area contributed by atoms with Crippen molar-refractivity contribution in [2.45, 2.75) is 30.0 Å². The van der Waals surface area contributed by atoms with Crippen LogP contribution in [0.4, 0.5) is 0 Å². The van der Waals surface area contributed by atoms with Gasteiger partial charge in [-0.1, -0.05) is 19.1 Å². The molecule has 0 radical (unpaired) electrons. The molecular weight excluding hydrogens is 236 g/mol. The van der Waals surface area contributed by atoms with Gasteiger partial charge in [0, 0.05) is 5.38 Å². The Hall–Kier alpha value is -0.580. The Bertz CT molecular complexity index is 428. The van der Waals surface area contributed by atoms with Crippen LogP contribution in [0.2, 0.25) is 0 Å². The minimum atomic E-state index is -4.11. The molecule has 0 aliphatic rings. The molecule has 0 saturated heterocycles. The molecule has 0 amide bonds. The van der Waals surface area contributed by atoms with E-state index in [9.17, 15) is 8.42 Å². The van der Waals surface area contributed by atoms with E-state index < -0.39 is 10.1 Å². The summed E-state index contributed by atoms with van der Waals surface area (Å²) in [7, 11) is -4.11. The maximum atomic E-state index is 10.9. The maximum Gasteiger partial charge on any atom is 0.294 e. The van der Waals surface area contributed by atoms with Crippen LogP contribution in [0.15, 0.2) is 29.2 Å². The fourth-order valence-electron chi connectivity index (χ4n) is 1.23. The van der Waals surface area contributed by atoms with Crippen LogP contribution in [0.3, 0.4) is 0 Å². The topological polar surface area (TPSA) is 54.4 Å². The van der Waals surface area contributed by atoms with Crippen molar-refractivity contribution >= 4 is 21.7 Å². The molecule has 1 aromatic carbocycles. The highest BCUT2D eigenvalue weighted by molar-refractivity contribution is 7.85. The molecule has 1 rings (SSSR count). The van der Waals surface area contributed by atoms with E-state index in [-0.39, 0.29) is 10.3 Å². The van der Waals surface area contributed by atoms with Crippen LogP contribution >= 0.6 is 11.6 Å². The molecule has 1 atom stereocenters. The third kappa shape index (κ3) is 3.81. The minimum absolute atomic E-state index is 0.0124. The van der Waals surface area contributed by atoms with E-state index in [0.29, 0.717) is 6.42 Å². The van der Waals surface area contributed by atoms with Gasteiger partial charge in [0.1, 0.15) is 0 Å². The molecule has 84 valence electrons. The van der Waals surface area contributed by atoms with Crippen LogP contribution in [0.1, 0.15) is 18.9 Å². The Kier molecular flexibility index (Phi) is 4.13. The lowest BCUT2D eigenvalue weighted by Gasteiger charge is -2.07. The number of alkyl halides is 1. The first-order valence-corrected chi connectivity index (χ1v) is 6.51. The van der Waals surface area contributed by atoms with E-state index in [1.54, 1.807) is 12.1 Å². The fraction of sp³-hybridized carbons (Fsp3) is 0.400. The summed E-state index contributed by atoms with van der Waals surface area (Å²) in [6.45, 7) is 1.96. The third-order valence-corrected chi connectivity index (χ3v) is 3.41. The van der Waals surface area contributed by atoms with Gasteiger partial charge in [0.25, 0.3) is 10.1 Å². The molecule has 1 aromatic rings. The van der Waals surface area contributed by atoms with Crippen molar-refractivity contribution in [2.24, 2.45) is 0 Å². The molecule has 0 fully saturated rings. The number of hydrogen-bond acceptors (Lipinski definition) is 2.